The zero-order chi connectivity index (χ0) is 13.8. The molecule has 0 atom stereocenters. The quantitative estimate of drug-likeness (QED) is 0.757. The zero-order valence-corrected chi connectivity index (χ0v) is 12.4. The summed E-state index contributed by atoms with van der Waals surface area (Å²) in [6.07, 6.45) is 0. The lowest BCUT2D eigenvalue weighted by Crippen LogP contribution is -2.20. The number of hydrogen-bond acceptors (Lipinski definition) is 1. The van der Waals surface area contributed by atoms with Gasteiger partial charge in [-0.15, -0.1) is 0 Å². The maximum absolute atomic E-state index is 13.4. The maximum atomic E-state index is 13.4. The van der Waals surface area contributed by atoms with Crippen LogP contribution in [-0.2, 0) is 0 Å². The Balaban J connectivity index is 2.05. The van der Waals surface area contributed by atoms with Crippen molar-refractivity contribution in [2.75, 3.05) is 10.6 Å². The number of urea groups is 1. The Morgan fingerprint density at radius 2 is 1.89 bits per heavy atom. The smallest absolute Gasteiger partial charge is 0.308 e. The molecule has 0 aromatic heterocycles. The van der Waals surface area contributed by atoms with Crippen LogP contribution in [0.25, 0.3) is 0 Å². The average molecular weight is 370 g/mol. The number of carbonyl (C=O) groups excluding carboxylic acids is 1. The minimum Gasteiger partial charge on any atom is -0.308 e. The summed E-state index contributed by atoms with van der Waals surface area (Å²) in [6, 6.07) is 11.1. The highest BCUT2D eigenvalue weighted by Gasteiger charge is 2.06. The van der Waals surface area contributed by atoms with Crippen molar-refractivity contribution in [2.45, 2.75) is 6.92 Å². The number of rotatable bonds is 2. The SMILES string of the molecule is Cc1ccc(NC(=O)Nc2ccccc2F)cc1I. The van der Waals surface area contributed by atoms with Gasteiger partial charge in [0.1, 0.15) is 5.82 Å². The third-order valence-corrected chi connectivity index (χ3v) is 3.71. The fourth-order valence-corrected chi connectivity index (χ4v) is 2.03. The Kier molecular flexibility index (Phi) is 4.36. The molecule has 5 heteroatoms. The largest absolute Gasteiger partial charge is 0.323 e. The van der Waals surface area contributed by atoms with Crippen molar-refractivity contribution in [2.24, 2.45) is 0 Å². The lowest BCUT2D eigenvalue weighted by Gasteiger charge is -2.09. The molecule has 0 aliphatic heterocycles. The van der Waals surface area contributed by atoms with Crippen molar-refractivity contribution in [1.29, 1.82) is 0 Å². The average Bonchev–Trinajstić information content (AvgIpc) is 2.37. The molecule has 3 nitrogen and oxygen atoms in total. The molecule has 0 spiro atoms. The fraction of sp³-hybridized carbons (Fsp3) is 0.0714. The summed E-state index contributed by atoms with van der Waals surface area (Å²) in [7, 11) is 0. The molecule has 19 heavy (non-hydrogen) atoms. The standard InChI is InChI=1S/C14H12FIN2O/c1-9-6-7-10(8-12(9)16)17-14(19)18-13-5-3-2-4-11(13)15/h2-8H,1H3,(H2,17,18,19). The Bertz CT molecular complexity index is 616. The second kappa shape index (κ2) is 6.01. The molecule has 2 N–H and O–H groups in total. The molecule has 0 saturated heterocycles. The van der Waals surface area contributed by atoms with E-state index in [1.165, 1.54) is 12.1 Å². The first-order valence-electron chi connectivity index (χ1n) is 5.65. The predicted molar refractivity (Wildman–Crippen MR) is 82.9 cm³/mol. The van der Waals surface area contributed by atoms with Crippen LogP contribution in [0.4, 0.5) is 20.6 Å². The molecule has 0 aliphatic carbocycles. The Morgan fingerprint density at radius 3 is 2.58 bits per heavy atom. The van der Waals surface area contributed by atoms with E-state index < -0.39 is 11.8 Å². The lowest BCUT2D eigenvalue weighted by atomic mass is 10.2. The molecule has 0 saturated carbocycles. The van der Waals surface area contributed by atoms with Crippen molar-refractivity contribution < 1.29 is 9.18 Å². The number of hydrogen-bond donors (Lipinski definition) is 2. The first-order valence-corrected chi connectivity index (χ1v) is 6.73. The number of anilines is 2. The normalized spacial score (nSPS) is 10.1. The van der Waals surface area contributed by atoms with Gasteiger partial charge in [-0.1, -0.05) is 18.2 Å². The van der Waals surface area contributed by atoms with Gasteiger partial charge in [-0.05, 0) is 59.3 Å². The van der Waals surface area contributed by atoms with Crippen LogP contribution in [0.15, 0.2) is 42.5 Å². The molecule has 2 rings (SSSR count). The summed E-state index contributed by atoms with van der Waals surface area (Å²) in [5, 5.41) is 5.13. The lowest BCUT2D eigenvalue weighted by molar-refractivity contribution is 0.262. The van der Waals surface area contributed by atoms with Crippen LogP contribution in [0.5, 0.6) is 0 Å². The molecule has 98 valence electrons. The molecule has 0 heterocycles. The number of para-hydroxylation sites is 1. The maximum Gasteiger partial charge on any atom is 0.323 e. The van der Waals surface area contributed by atoms with Crippen molar-refractivity contribution in [3.05, 3.63) is 57.4 Å². The van der Waals surface area contributed by atoms with Gasteiger partial charge in [0.15, 0.2) is 0 Å². The van der Waals surface area contributed by atoms with Gasteiger partial charge in [0.2, 0.25) is 0 Å². The van der Waals surface area contributed by atoms with E-state index in [0.717, 1.165) is 9.13 Å². The number of nitrogens with one attached hydrogen (secondary N) is 2. The summed E-state index contributed by atoms with van der Waals surface area (Å²) < 4.78 is 14.4. The zero-order valence-electron chi connectivity index (χ0n) is 10.2. The summed E-state index contributed by atoms with van der Waals surface area (Å²) in [6.45, 7) is 1.99. The van der Waals surface area contributed by atoms with Gasteiger partial charge < -0.3 is 10.6 Å². The van der Waals surface area contributed by atoms with E-state index in [4.69, 9.17) is 0 Å². The Hall–Kier alpha value is -1.63. The second-order valence-electron chi connectivity index (χ2n) is 4.02. The van der Waals surface area contributed by atoms with Gasteiger partial charge in [-0.3, -0.25) is 0 Å². The predicted octanol–water partition coefficient (Wildman–Crippen LogP) is 4.38. The van der Waals surface area contributed by atoms with E-state index in [0.29, 0.717) is 5.69 Å². The topological polar surface area (TPSA) is 41.1 Å². The highest BCUT2D eigenvalue weighted by molar-refractivity contribution is 14.1. The number of aryl methyl sites for hydroxylation is 1. The molecular formula is C14H12FIN2O. The van der Waals surface area contributed by atoms with Crippen LogP contribution >= 0.6 is 22.6 Å². The third kappa shape index (κ3) is 3.66. The van der Waals surface area contributed by atoms with Crippen LogP contribution in [-0.4, -0.2) is 6.03 Å². The van der Waals surface area contributed by atoms with E-state index in [2.05, 4.69) is 33.2 Å². The molecular weight excluding hydrogens is 358 g/mol. The van der Waals surface area contributed by atoms with Gasteiger partial charge >= 0.3 is 6.03 Å². The van der Waals surface area contributed by atoms with Crippen LogP contribution in [0, 0.1) is 16.3 Å². The van der Waals surface area contributed by atoms with Crippen LogP contribution in [0.3, 0.4) is 0 Å². The van der Waals surface area contributed by atoms with E-state index in [9.17, 15) is 9.18 Å². The molecule has 0 unspecified atom stereocenters. The van der Waals surface area contributed by atoms with Crippen molar-refractivity contribution >= 4 is 40.0 Å². The fourth-order valence-electron chi connectivity index (χ4n) is 1.52. The minimum atomic E-state index is -0.468. The first-order chi connectivity index (χ1) is 9.06. The van der Waals surface area contributed by atoms with Gasteiger partial charge in [0, 0.05) is 9.26 Å². The molecule has 0 bridgehead atoms. The van der Waals surface area contributed by atoms with Crippen molar-refractivity contribution in [3.8, 4) is 0 Å². The number of benzene rings is 2. The van der Waals surface area contributed by atoms with E-state index in [-0.39, 0.29) is 5.69 Å². The van der Waals surface area contributed by atoms with Gasteiger partial charge in [0.05, 0.1) is 5.69 Å². The van der Waals surface area contributed by atoms with Crippen LogP contribution in [0.2, 0.25) is 0 Å². The number of amides is 2. The van der Waals surface area contributed by atoms with Gasteiger partial charge in [-0.2, -0.15) is 0 Å². The summed E-state index contributed by atoms with van der Waals surface area (Å²) >= 11 is 2.19. The second-order valence-corrected chi connectivity index (χ2v) is 5.19. The highest BCUT2D eigenvalue weighted by atomic mass is 127. The van der Waals surface area contributed by atoms with Crippen molar-refractivity contribution in [3.63, 3.8) is 0 Å². The molecule has 2 amide bonds. The van der Waals surface area contributed by atoms with Gasteiger partial charge in [0.25, 0.3) is 0 Å². The van der Waals surface area contributed by atoms with E-state index >= 15 is 0 Å². The van der Waals surface area contributed by atoms with Crippen LogP contribution in [0.1, 0.15) is 5.56 Å². The first kappa shape index (κ1) is 13.8. The van der Waals surface area contributed by atoms with E-state index in [1.54, 1.807) is 18.2 Å². The summed E-state index contributed by atoms with van der Waals surface area (Å²) in [4.78, 5) is 11.7. The molecule has 2 aromatic rings. The highest BCUT2D eigenvalue weighted by Crippen LogP contribution is 2.18. The monoisotopic (exact) mass is 370 g/mol. The van der Waals surface area contributed by atoms with Crippen molar-refractivity contribution in [1.82, 2.24) is 0 Å². The van der Waals surface area contributed by atoms with Crippen LogP contribution < -0.4 is 10.6 Å². The Morgan fingerprint density at radius 1 is 1.16 bits per heavy atom. The summed E-state index contributed by atoms with van der Waals surface area (Å²) in [5.41, 5.74) is 1.96. The molecule has 0 aliphatic rings. The molecule has 0 radical (unpaired) electrons. The van der Waals surface area contributed by atoms with Gasteiger partial charge in [-0.25, -0.2) is 9.18 Å². The molecule has 2 aromatic carbocycles. The Labute approximate surface area is 124 Å². The van der Waals surface area contributed by atoms with E-state index in [1.807, 2.05) is 19.1 Å². The molecule has 0 fully saturated rings. The summed E-state index contributed by atoms with van der Waals surface area (Å²) in [5.74, 6) is -0.462. The third-order valence-electron chi connectivity index (χ3n) is 2.55. The minimum absolute atomic E-state index is 0.154. The number of halogens is 2. The number of carbonyl (C=O) groups is 1.